The lowest BCUT2D eigenvalue weighted by Gasteiger charge is -2.07. The molecule has 2 aromatic rings. The summed E-state index contributed by atoms with van der Waals surface area (Å²) in [6.07, 6.45) is 2.97. The highest BCUT2D eigenvalue weighted by atomic mass is 79.9. The number of aryl methyl sites for hydroxylation is 1. The number of amides is 1. The van der Waals surface area contributed by atoms with E-state index in [9.17, 15) is 4.79 Å². The van der Waals surface area contributed by atoms with Crippen LogP contribution in [-0.2, 0) is 4.79 Å². The smallest absolute Gasteiger partial charge is 0.239 e. The minimum absolute atomic E-state index is 0.0192. The summed E-state index contributed by atoms with van der Waals surface area (Å²) in [5.41, 5.74) is 2.06. The quantitative estimate of drug-likeness (QED) is 0.671. The summed E-state index contributed by atoms with van der Waals surface area (Å²) in [6.45, 7) is 4.14. The van der Waals surface area contributed by atoms with E-state index in [0.717, 1.165) is 39.5 Å². The minimum atomic E-state index is -0.151. The Kier molecular flexibility index (Phi) is 5.57. The van der Waals surface area contributed by atoms with Gasteiger partial charge in [-0.3, -0.25) is 4.79 Å². The van der Waals surface area contributed by atoms with Crippen LogP contribution >= 0.6 is 43.2 Å². The van der Waals surface area contributed by atoms with Gasteiger partial charge in [0.25, 0.3) is 0 Å². The van der Waals surface area contributed by atoms with Crippen molar-refractivity contribution in [3.05, 3.63) is 22.2 Å². The zero-order valence-corrected chi connectivity index (χ0v) is 15.4. The highest BCUT2D eigenvalue weighted by Crippen LogP contribution is 2.31. The zero-order chi connectivity index (χ0) is 14.7. The number of nitrogens with one attached hydrogen (secondary N) is 1. The molecule has 1 heterocycles. The molecule has 0 unspecified atom stereocenters. The molecule has 0 bridgehead atoms. The molecule has 0 aliphatic heterocycles. The van der Waals surface area contributed by atoms with E-state index in [1.54, 1.807) is 0 Å². The number of carbonyl (C=O) groups excluding carboxylic acids is 1. The lowest BCUT2D eigenvalue weighted by atomic mass is 10.2. The van der Waals surface area contributed by atoms with Crippen molar-refractivity contribution in [2.24, 2.45) is 0 Å². The maximum absolute atomic E-state index is 12.0. The van der Waals surface area contributed by atoms with Crippen LogP contribution in [0.4, 0.5) is 5.13 Å². The molecule has 2 rings (SSSR count). The number of hydrogen-bond donors (Lipinski definition) is 1. The minimum Gasteiger partial charge on any atom is -0.301 e. The van der Waals surface area contributed by atoms with E-state index < -0.39 is 0 Å². The van der Waals surface area contributed by atoms with Gasteiger partial charge in [-0.05, 0) is 31.0 Å². The summed E-state index contributed by atoms with van der Waals surface area (Å²) >= 11 is 8.41. The normalized spacial score (nSPS) is 12.6. The molecule has 6 heteroatoms. The summed E-state index contributed by atoms with van der Waals surface area (Å²) in [5, 5.41) is 3.55. The second-order valence-corrected chi connectivity index (χ2v) is 7.74. The lowest BCUT2D eigenvalue weighted by Crippen LogP contribution is -2.22. The molecule has 0 radical (unpaired) electrons. The summed E-state index contributed by atoms with van der Waals surface area (Å²) in [7, 11) is 0. The largest absolute Gasteiger partial charge is 0.301 e. The molecule has 0 spiro atoms. The molecule has 0 aliphatic rings. The second kappa shape index (κ2) is 7.00. The number of benzene rings is 1. The van der Waals surface area contributed by atoms with Crippen molar-refractivity contribution in [1.29, 1.82) is 0 Å². The standard InChI is InChI=1S/C14H16Br2N2OS/c1-3-4-5-10(16)13(19)18-14-17-12-8(2)6-9(15)7-11(12)20-14/h6-7,10H,3-5H2,1-2H3,(H,17,18,19)/t10-/m0/s1. The second-order valence-electron chi connectivity index (χ2n) is 4.69. The van der Waals surface area contributed by atoms with Crippen molar-refractivity contribution < 1.29 is 4.79 Å². The van der Waals surface area contributed by atoms with Crippen molar-refractivity contribution in [2.45, 2.75) is 37.9 Å². The fourth-order valence-corrected chi connectivity index (χ4v) is 4.05. The number of fused-ring (bicyclic) bond motifs is 1. The first kappa shape index (κ1) is 15.9. The van der Waals surface area contributed by atoms with E-state index in [4.69, 9.17) is 0 Å². The van der Waals surface area contributed by atoms with Crippen molar-refractivity contribution in [1.82, 2.24) is 4.98 Å². The molecule has 1 N–H and O–H groups in total. The Labute approximate surface area is 139 Å². The highest BCUT2D eigenvalue weighted by Gasteiger charge is 2.16. The van der Waals surface area contributed by atoms with Crippen LogP contribution in [-0.4, -0.2) is 15.7 Å². The molecule has 0 aliphatic carbocycles. The number of alkyl halides is 1. The molecule has 1 aromatic carbocycles. The number of anilines is 1. The molecule has 1 amide bonds. The maximum atomic E-state index is 12.0. The predicted molar refractivity (Wildman–Crippen MR) is 92.9 cm³/mol. The van der Waals surface area contributed by atoms with Crippen LogP contribution in [0.5, 0.6) is 0 Å². The molecule has 20 heavy (non-hydrogen) atoms. The third-order valence-electron chi connectivity index (χ3n) is 2.98. The number of hydrogen-bond acceptors (Lipinski definition) is 3. The Hall–Kier alpha value is -0.460. The first-order valence-electron chi connectivity index (χ1n) is 6.53. The summed E-state index contributed by atoms with van der Waals surface area (Å²) in [6, 6.07) is 4.06. The Bertz CT molecular complexity index is 627. The maximum Gasteiger partial charge on any atom is 0.239 e. The van der Waals surface area contributed by atoms with Crippen molar-refractivity contribution in [3.8, 4) is 0 Å². The van der Waals surface area contributed by atoms with Gasteiger partial charge in [-0.25, -0.2) is 4.98 Å². The van der Waals surface area contributed by atoms with Gasteiger partial charge in [-0.15, -0.1) is 0 Å². The molecule has 1 atom stereocenters. The van der Waals surface area contributed by atoms with Crippen LogP contribution in [0.25, 0.3) is 10.2 Å². The Balaban J connectivity index is 2.14. The number of nitrogens with zero attached hydrogens (tertiary/aromatic N) is 1. The molecule has 108 valence electrons. The first-order chi connectivity index (χ1) is 9.51. The Morgan fingerprint density at radius 2 is 2.25 bits per heavy atom. The average molecular weight is 420 g/mol. The van der Waals surface area contributed by atoms with E-state index in [2.05, 4.69) is 49.1 Å². The molecule has 0 fully saturated rings. The van der Waals surface area contributed by atoms with Gasteiger partial charge >= 0.3 is 0 Å². The van der Waals surface area contributed by atoms with Crippen molar-refractivity contribution in [2.75, 3.05) is 5.32 Å². The van der Waals surface area contributed by atoms with E-state index in [-0.39, 0.29) is 10.7 Å². The monoisotopic (exact) mass is 418 g/mol. The molecular weight excluding hydrogens is 404 g/mol. The Morgan fingerprint density at radius 3 is 2.95 bits per heavy atom. The van der Waals surface area contributed by atoms with E-state index >= 15 is 0 Å². The number of aromatic nitrogens is 1. The first-order valence-corrected chi connectivity index (χ1v) is 9.05. The van der Waals surface area contributed by atoms with Crippen LogP contribution in [0.2, 0.25) is 0 Å². The molecule has 0 saturated carbocycles. The van der Waals surface area contributed by atoms with Crippen LogP contribution in [0.15, 0.2) is 16.6 Å². The summed E-state index contributed by atoms with van der Waals surface area (Å²) in [4.78, 5) is 16.4. The van der Waals surface area contributed by atoms with Crippen LogP contribution in [0.1, 0.15) is 31.7 Å². The Morgan fingerprint density at radius 1 is 1.50 bits per heavy atom. The molecule has 3 nitrogen and oxygen atoms in total. The van der Waals surface area contributed by atoms with Gasteiger partial charge in [0.1, 0.15) is 0 Å². The fourth-order valence-electron chi connectivity index (χ4n) is 1.91. The zero-order valence-electron chi connectivity index (χ0n) is 11.4. The van der Waals surface area contributed by atoms with Crippen LogP contribution in [0, 0.1) is 6.92 Å². The van der Waals surface area contributed by atoms with Gasteiger partial charge < -0.3 is 5.32 Å². The highest BCUT2D eigenvalue weighted by molar-refractivity contribution is 9.10. The summed E-state index contributed by atoms with van der Waals surface area (Å²) < 4.78 is 2.11. The van der Waals surface area contributed by atoms with Crippen molar-refractivity contribution >= 4 is 64.5 Å². The third kappa shape index (κ3) is 3.80. The van der Waals surface area contributed by atoms with Crippen LogP contribution in [0.3, 0.4) is 0 Å². The van der Waals surface area contributed by atoms with Crippen LogP contribution < -0.4 is 5.32 Å². The van der Waals surface area contributed by atoms with Gasteiger partial charge in [0, 0.05) is 4.47 Å². The van der Waals surface area contributed by atoms with Crippen molar-refractivity contribution in [3.63, 3.8) is 0 Å². The fraction of sp³-hybridized carbons (Fsp3) is 0.429. The van der Waals surface area contributed by atoms with Gasteiger partial charge in [0.15, 0.2) is 5.13 Å². The van der Waals surface area contributed by atoms with Gasteiger partial charge in [-0.2, -0.15) is 0 Å². The molecule has 0 saturated heterocycles. The number of halogens is 2. The third-order valence-corrected chi connectivity index (χ3v) is 5.23. The van der Waals surface area contributed by atoms with E-state index in [1.165, 1.54) is 11.3 Å². The van der Waals surface area contributed by atoms with Gasteiger partial charge in [0.05, 0.1) is 15.0 Å². The number of rotatable bonds is 5. The van der Waals surface area contributed by atoms with Gasteiger partial charge in [0.2, 0.25) is 5.91 Å². The topological polar surface area (TPSA) is 42.0 Å². The van der Waals surface area contributed by atoms with E-state index in [0.29, 0.717) is 5.13 Å². The van der Waals surface area contributed by atoms with E-state index in [1.807, 2.05) is 19.1 Å². The SMILES string of the molecule is CCCC[C@H](Br)C(=O)Nc1nc2c(C)cc(Br)cc2s1. The average Bonchev–Trinajstić information content (AvgIpc) is 2.78. The summed E-state index contributed by atoms with van der Waals surface area (Å²) in [5.74, 6) is -0.0192. The number of unbranched alkanes of at least 4 members (excludes halogenated alkanes) is 1. The lowest BCUT2D eigenvalue weighted by molar-refractivity contribution is -0.115. The molecular formula is C14H16Br2N2OS. The number of thiazole rings is 1. The van der Waals surface area contributed by atoms with Gasteiger partial charge in [-0.1, -0.05) is 63.0 Å². The predicted octanol–water partition coefficient (Wildman–Crippen LogP) is 5.26. The molecule has 1 aromatic heterocycles. The number of carbonyl (C=O) groups is 1.